The van der Waals surface area contributed by atoms with Crippen LogP contribution < -0.4 is 10.2 Å². The topological polar surface area (TPSA) is 41.1 Å². The second-order valence-electron chi connectivity index (χ2n) is 5.91. The zero-order valence-electron chi connectivity index (χ0n) is 12.8. The normalized spacial score (nSPS) is 27.4. The minimum atomic E-state index is 0.541. The highest BCUT2D eigenvalue weighted by atomic mass is 15.2. The standard InChI is InChI=1S/C15H26N4/c1-6-16-14-12(4)15(18-9-17-14)19-8-10(2)7-11(3)13(19)5/h9-11,13H,6-8H2,1-5H3,(H,16,17,18). The zero-order chi connectivity index (χ0) is 14.0. The first-order chi connectivity index (χ1) is 9.04. The van der Waals surface area contributed by atoms with Crippen LogP contribution in [0.15, 0.2) is 6.33 Å². The van der Waals surface area contributed by atoms with Crippen molar-refractivity contribution in [3.8, 4) is 0 Å². The molecule has 2 heterocycles. The molecule has 0 aromatic carbocycles. The Bertz CT molecular complexity index is 432. The van der Waals surface area contributed by atoms with Crippen molar-refractivity contribution in [2.45, 2.75) is 47.1 Å². The molecule has 1 fully saturated rings. The van der Waals surface area contributed by atoms with Gasteiger partial charge in [0.05, 0.1) is 0 Å². The average molecular weight is 262 g/mol. The van der Waals surface area contributed by atoms with Crippen LogP contribution in [0.5, 0.6) is 0 Å². The highest BCUT2D eigenvalue weighted by molar-refractivity contribution is 5.58. The van der Waals surface area contributed by atoms with Gasteiger partial charge >= 0.3 is 0 Å². The molecule has 2 rings (SSSR count). The predicted molar refractivity (Wildman–Crippen MR) is 80.7 cm³/mol. The molecule has 3 unspecified atom stereocenters. The van der Waals surface area contributed by atoms with E-state index in [0.717, 1.165) is 36.2 Å². The van der Waals surface area contributed by atoms with Gasteiger partial charge in [-0.1, -0.05) is 13.8 Å². The molecule has 0 bridgehead atoms. The molecule has 1 saturated heterocycles. The lowest BCUT2D eigenvalue weighted by molar-refractivity contribution is 0.295. The molecule has 1 aromatic rings. The fourth-order valence-electron chi connectivity index (χ4n) is 3.07. The first kappa shape index (κ1) is 14.1. The highest BCUT2D eigenvalue weighted by Gasteiger charge is 2.30. The largest absolute Gasteiger partial charge is 0.370 e. The molecular formula is C15H26N4. The van der Waals surface area contributed by atoms with E-state index in [4.69, 9.17) is 0 Å². The number of anilines is 2. The maximum Gasteiger partial charge on any atom is 0.137 e. The van der Waals surface area contributed by atoms with Crippen molar-refractivity contribution in [1.82, 2.24) is 9.97 Å². The molecule has 0 saturated carbocycles. The molecule has 19 heavy (non-hydrogen) atoms. The molecule has 0 amide bonds. The van der Waals surface area contributed by atoms with E-state index >= 15 is 0 Å². The Morgan fingerprint density at radius 1 is 1.32 bits per heavy atom. The van der Waals surface area contributed by atoms with Crippen LogP contribution in [-0.4, -0.2) is 29.1 Å². The van der Waals surface area contributed by atoms with Crippen molar-refractivity contribution in [2.24, 2.45) is 11.8 Å². The fraction of sp³-hybridized carbons (Fsp3) is 0.733. The molecule has 106 valence electrons. The summed E-state index contributed by atoms with van der Waals surface area (Å²) in [5, 5.41) is 3.31. The average Bonchev–Trinajstić information content (AvgIpc) is 2.37. The van der Waals surface area contributed by atoms with Crippen molar-refractivity contribution >= 4 is 11.6 Å². The Balaban J connectivity index is 2.32. The first-order valence-electron chi connectivity index (χ1n) is 7.36. The summed E-state index contributed by atoms with van der Waals surface area (Å²) < 4.78 is 0. The molecule has 4 nitrogen and oxygen atoms in total. The van der Waals surface area contributed by atoms with Crippen LogP contribution in [0, 0.1) is 18.8 Å². The molecular weight excluding hydrogens is 236 g/mol. The van der Waals surface area contributed by atoms with E-state index in [1.807, 2.05) is 0 Å². The second kappa shape index (κ2) is 5.76. The smallest absolute Gasteiger partial charge is 0.137 e. The van der Waals surface area contributed by atoms with Gasteiger partial charge in [-0.25, -0.2) is 9.97 Å². The molecule has 4 heteroatoms. The van der Waals surface area contributed by atoms with Gasteiger partial charge in [0.25, 0.3) is 0 Å². The van der Waals surface area contributed by atoms with Crippen LogP contribution >= 0.6 is 0 Å². The SMILES string of the molecule is CCNc1ncnc(N2CC(C)CC(C)C2C)c1C. The number of aromatic nitrogens is 2. The fourth-order valence-corrected chi connectivity index (χ4v) is 3.07. The van der Waals surface area contributed by atoms with E-state index in [1.165, 1.54) is 6.42 Å². The Labute approximate surface area is 116 Å². The van der Waals surface area contributed by atoms with Crippen LogP contribution in [0.3, 0.4) is 0 Å². The second-order valence-corrected chi connectivity index (χ2v) is 5.91. The monoisotopic (exact) mass is 262 g/mol. The third-order valence-corrected chi connectivity index (χ3v) is 4.27. The number of rotatable bonds is 3. The van der Waals surface area contributed by atoms with Crippen molar-refractivity contribution in [1.29, 1.82) is 0 Å². The van der Waals surface area contributed by atoms with Crippen LogP contribution in [0.4, 0.5) is 11.6 Å². The van der Waals surface area contributed by atoms with E-state index in [0.29, 0.717) is 12.0 Å². The molecule has 1 aliphatic heterocycles. The van der Waals surface area contributed by atoms with E-state index in [1.54, 1.807) is 6.33 Å². The van der Waals surface area contributed by atoms with Crippen molar-refractivity contribution < 1.29 is 0 Å². The van der Waals surface area contributed by atoms with Gasteiger partial charge < -0.3 is 10.2 Å². The van der Waals surface area contributed by atoms with Gasteiger partial charge in [0.1, 0.15) is 18.0 Å². The lowest BCUT2D eigenvalue weighted by Crippen LogP contribution is -2.46. The molecule has 0 spiro atoms. The third-order valence-electron chi connectivity index (χ3n) is 4.27. The zero-order valence-corrected chi connectivity index (χ0v) is 12.8. The molecule has 1 aromatic heterocycles. The summed E-state index contributed by atoms with van der Waals surface area (Å²) in [4.78, 5) is 11.3. The number of hydrogen-bond acceptors (Lipinski definition) is 4. The van der Waals surface area contributed by atoms with Gasteiger partial charge in [0.2, 0.25) is 0 Å². The van der Waals surface area contributed by atoms with E-state index in [2.05, 4.69) is 54.8 Å². The van der Waals surface area contributed by atoms with Gasteiger partial charge in [-0.3, -0.25) is 0 Å². The Morgan fingerprint density at radius 2 is 2.05 bits per heavy atom. The summed E-state index contributed by atoms with van der Waals surface area (Å²) in [5.74, 6) is 3.49. The van der Waals surface area contributed by atoms with Crippen molar-refractivity contribution in [3.63, 3.8) is 0 Å². The summed E-state index contributed by atoms with van der Waals surface area (Å²) in [6.45, 7) is 13.2. The van der Waals surface area contributed by atoms with Gasteiger partial charge in [-0.2, -0.15) is 0 Å². The van der Waals surface area contributed by atoms with Crippen molar-refractivity contribution in [2.75, 3.05) is 23.3 Å². The van der Waals surface area contributed by atoms with E-state index < -0.39 is 0 Å². The van der Waals surface area contributed by atoms with Gasteiger partial charge in [-0.05, 0) is 39.0 Å². The summed E-state index contributed by atoms with van der Waals surface area (Å²) in [6.07, 6.45) is 2.98. The molecule has 0 aliphatic carbocycles. The predicted octanol–water partition coefficient (Wildman–Crippen LogP) is 3.09. The number of nitrogens with zero attached hydrogens (tertiary/aromatic N) is 3. The third kappa shape index (κ3) is 2.82. The minimum absolute atomic E-state index is 0.541. The number of nitrogens with one attached hydrogen (secondary N) is 1. The number of hydrogen-bond donors (Lipinski definition) is 1. The molecule has 1 N–H and O–H groups in total. The van der Waals surface area contributed by atoms with Crippen LogP contribution in [0.1, 0.15) is 39.7 Å². The van der Waals surface area contributed by atoms with E-state index in [-0.39, 0.29) is 0 Å². The van der Waals surface area contributed by atoms with Crippen molar-refractivity contribution in [3.05, 3.63) is 11.9 Å². The van der Waals surface area contributed by atoms with Crippen LogP contribution in [0.2, 0.25) is 0 Å². The lowest BCUT2D eigenvalue weighted by atomic mass is 9.86. The van der Waals surface area contributed by atoms with Gasteiger partial charge in [0.15, 0.2) is 0 Å². The molecule has 3 atom stereocenters. The lowest BCUT2D eigenvalue weighted by Gasteiger charge is -2.42. The van der Waals surface area contributed by atoms with Gasteiger partial charge in [-0.15, -0.1) is 0 Å². The molecule has 0 radical (unpaired) electrons. The maximum absolute atomic E-state index is 4.54. The van der Waals surface area contributed by atoms with Crippen LogP contribution in [-0.2, 0) is 0 Å². The first-order valence-corrected chi connectivity index (χ1v) is 7.36. The molecule has 1 aliphatic rings. The minimum Gasteiger partial charge on any atom is -0.370 e. The van der Waals surface area contributed by atoms with E-state index in [9.17, 15) is 0 Å². The van der Waals surface area contributed by atoms with Crippen LogP contribution in [0.25, 0.3) is 0 Å². The summed E-state index contributed by atoms with van der Waals surface area (Å²) in [5.41, 5.74) is 1.16. The van der Waals surface area contributed by atoms with Gasteiger partial charge in [0, 0.05) is 24.7 Å². The summed E-state index contributed by atoms with van der Waals surface area (Å²) in [6, 6.07) is 0.541. The Hall–Kier alpha value is -1.32. The summed E-state index contributed by atoms with van der Waals surface area (Å²) >= 11 is 0. The maximum atomic E-state index is 4.54. The summed E-state index contributed by atoms with van der Waals surface area (Å²) in [7, 11) is 0. The quantitative estimate of drug-likeness (QED) is 0.909. The highest BCUT2D eigenvalue weighted by Crippen LogP contribution is 2.33. The Morgan fingerprint density at radius 3 is 2.74 bits per heavy atom. The Kier molecular flexibility index (Phi) is 4.27. The number of piperidine rings is 1.